The van der Waals surface area contributed by atoms with Crippen molar-refractivity contribution in [2.45, 2.75) is 0 Å². The molecule has 0 amide bonds. The lowest BCUT2D eigenvalue weighted by molar-refractivity contribution is 0.349. The van der Waals surface area contributed by atoms with Crippen molar-refractivity contribution in [2.75, 3.05) is 26.8 Å². The Hall–Kier alpha value is -3.04. The van der Waals surface area contributed by atoms with Crippen LogP contribution in [0.3, 0.4) is 0 Å². The number of methoxy groups -OCH3 is 3. The number of anilines is 1. The van der Waals surface area contributed by atoms with Gasteiger partial charge in [0.1, 0.15) is 11.4 Å². The van der Waals surface area contributed by atoms with Gasteiger partial charge < -0.3 is 14.2 Å². The Morgan fingerprint density at radius 2 is 1.40 bits per heavy atom. The second-order valence-corrected chi connectivity index (χ2v) is 4.52. The summed E-state index contributed by atoms with van der Waals surface area (Å²) in [6, 6.07) is 3.00. The van der Waals surface area contributed by atoms with E-state index in [1.54, 1.807) is 0 Å². The number of nitrogens with one attached hydrogen (secondary N) is 1. The van der Waals surface area contributed by atoms with Crippen molar-refractivity contribution < 1.29 is 31.8 Å². The van der Waals surface area contributed by atoms with Crippen LogP contribution in [0.2, 0.25) is 0 Å². The summed E-state index contributed by atoms with van der Waals surface area (Å²) in [4.78, 5) is 2.44. The second kappa shape index (κ2) is 7.69. The zero-order valence-electron chi connectivity index (χ0n) is 13.4. The van der Waals surface area contributed by atoms with E-state index < -0.39 is 29.2 Å². The predicted molar refractivity (Wildman–Crippen MR) is 81.4 cm³/mol. The molecule has 0 saturated carbocycles. The maximum atomic E-state index is 13.5. The number of nitrogens with zero attached hydrogens (tertiary/aromatic N) is 2. The van der Waals surface area contributed by atoms with Gasteiger partial charge in [0.05, 0.1) is 27.5 Å². The zero-order chi connectivity index (χ0) is 18.6. The Morgan fingerprint density at radius 3 is 1.92 bits per heavy atom. The molecule has 2 aromatic rings. The second-order valence-electron chi connectivity index (χ2n) is 4.52. The molecule has 0 atom stereocenters. The Bertz CT molecular complexity index is 789. The van der Waals surface area contributed by atoms with Gasteiger partial charge >= 0.3 is 0 Å². The number of hydrogen-bond donors (Lipinski definition) is 1. The molecular weight excluding hydrogens is 346 g/mol. The highest BCUT2D eigenvalue weighted by Gasteiger charge is 2.20. The van der Waals surface area contributed by atoms with Gasteiger partial charge in [0.25, 0.3) is 11.9 Å². The van der Waals surface area contributed by atoms with Gasteiger partial charge in [-0.25, -0.2) is 0 Å². The number of benzene rings is 1. The Labute approximate surface area is 140 Å². The highest BCUT2D eigenvalue weighted by Crippen LogP contribution is 2.33. The third-order valence-corrected chi connectivity index (χ3v) is 3.11. The van der Waals surface area contributed by atoms with Gasteiger partial charge in [-0.05, 0) is 6.07 Å². The Kier molecular flexibility index (Phi) is 5.63. The summed E-state index contributed by atoms with van der Waals surface area (Å²) in [5.41, 5.74) is 1.14. The first kappa shape index (κ1) is 18.3. The first-order valence-electron chi connectivity index (χ1n) is 6.72. The average Bonchev–Trinajstić information content (AvgIpc) is 2.62. The minimum absolute atomic E-state index is 0.316. The van der Waals surface area contributed by atoms with Crippen LogP contribution in [0.4, 0.5) is 23.2 Å². The smallest absolute Gasteiger partial charge is 0.254 e. The highest BCUT2D eigenvalue weighted by molar-refractivity contribution is 5.85. The lowest BCUT2D eigenvalue weighted by Gasteiger charge is -2.12. The fourth-order valence-electron chi connectivity index (χ4n) is 1.91. The van der Waals surface area contributed by atoms with Crippen LogP contribution in [0.25, 0.3) is 0 Å². The first-order valence-corrected chi connectivity index (χ1v) is 6.72. The average molecular weight is 359 g/mol. The van der Waals surface area contributed by atoms with Crippen LogP contribution < -0.4 is 19.6 Å². The molecule has 0 aliphatic carbocycles. The topological polar surface area (TPSA) is 65.0 Å². The fraction of sp³-hybridized carbons (Fsp3) is 0.200. The maximum Gasteiger partial charge on any atom is 0.254 e. The number of halogens is 4. The van der Waals surface area contributed by atoms with E-state index in [0.717, 1.165) is 6.21 Å². The van der Waals surface area contributed by atoms with Crippen LogP contribution in [0, 0.1) is 23.5 Å². The van der Waals surface area contributed by atoms with Crippen molar-refractivity contribution in [3.05, 3.63) is 41.2 Å². The van der Waals surface area contributed by atoms with Crippen LogP contribution in [0.15, 0.2) is 17.2 Å². The molecule has 1 aromatic carbocycles. The lowest BCUT2D eigenvalue weighted by atomic mass is 10.2. The summed E-state index contributed by atoms with van der Waals surface area (Å²) < 4.78 is 68.4. The molecule has 10 heteroatoms. The minimum Gasteiger partial charge on any atom is -0.496 e. The van der Waals surface area contributed by atoms with Gasteiger partial charge in [-0.2, -0.15) is 27.6 Å². The number of aromatic nitrogens is 1. The quantitative estimate of drug-likeness (QED) is 0.372. The van der Waals surface area contributed by atoms with Gasteiger partial charge in [0.15, 0.2) is 11.5 Å². The van der Waals surface area contributed by atoms with Crippen molar-refractivity contribution in [3.8, 4) is 17.2 Å². The number of rotatable bonds is 6. The van der Waals surface area contributed by atoms with Crippen molar-refractivity contribution in [3.63, 3.8) is 0 Å². The van der Waals surface area contributed by atoms with Crippen LogP contribution in [0.1, 0.15) is 5.56 Å². The number of hydrazone groups is 1. The van der Waals surface area contributed by atoms with Gasteiger partial charge in [0.2, 0.25) is 11.6 Å². The van der Waals surface area contributed by atoms with E-state index >= 15 is 0 Å². The van der Waals surface area contributed by atoms with Gasteiger partial charge in [0, 0.05) is 11.6 Å². The van der Waals surface area contributed by atoms with Gasteiger partial charge in [-0.1, -0.05) is 0 Å². The van der Waals surface area contributed by atoms with Crippen LogP contribution in [0.5, 0.6) is 17.2 Å². The standard InChI is InChI=1S/C15H13F4N3O3/c1-23-8-5-10(25-3)9(24-2)4-7(8)6-20-22-13-11(16)14(18)21-15(19)12(13)17/h4-6H,1-3H3,(H,21,22)/b20-6+. The van der Waals surface area contributed by atoms with E-state index in [1.165, 1.54) is 33.5 Å². The molecule has 25 heavy (non-hydrogen) atoms. The molecule has 0 spiro atoms. The summed E-state index contributed by atoms with van der Waals surface area (Å²) in [6.07, 6.45) is 1.12. The summed E-state index contributed by atoms with van der Waals surface area (Å²) in [6.45, 7) is 0. The van der Waals surface area contributed by atoms with Crippen molar-refractivity contribution in [1.82, 2.24) is 4.98 Å². The SMILES string of the molecule is COc1cc(OC)c(OC)cc1/C=N/Nc1c(F)c(F)nc(F)c1F. The summed E-state index contributed by atoms with van der Waals surface area (Å²) in [5.74, 6) is -5.93. The number of hydrogen-bond acceptors (Lipinski definition) is 6. The third-order valence-electron chi connectivity index (χ3n) is 3.11. The van der Waals surface area contributed by atoms with Crippen molar-refractivity contribution in [2.24, 2.45) is 5.10 Å². The molecule has 1 aromatic heterocycles. The summed E-state index contributed by atoms with van der Waals surface area (Å²) in [7, 11) is 4.24. The monoisotopic (exact) mass is 359 g/mol. The van der Waals surface area contributed by atoms with E-state index in [0.29, 0.717) is 22.8 Å². The molecule has 0 saturated heterocycles. The fourth-order valence-corrected chi connectivity index (χ4v) is 1.91. The maximum absolute atomic E-state index is 13.5. The number of ether oxygens (including phenoxy) is 3. The predicted octanol–water partition coefficient (Wildman–Crippen LogP) is 3.11. The molecule has 0 aliphatic rings. The lowest BCUT2D eigenvalue weighted by Crippen LogP contribution is -2.06. The van der Waals surface area contributed by atoms with E-state index in [9.17, 15) is 17.6 Å². The van der Waals surface area contributed by atoms with Crippen LogP contribution in [-0.2, 0) is 0 Å². The van der Waals surface area contributed by atoms with Crippen LogP contribution >= 0.6 is 0 Å². The van der Waals surface area contributed by atoms with Gasteiger partial charge in [-0.15, -0.1) is 0 Å². The Balaban J connectivity index is 2.35. The molecule has 1 N–H and O–H groups in total. The normalized spacial score (nSPS) is 10.8. The molecule has 0 unspecified atom stereocenters. The summed E-state index contributed by atoms with van der Waals surface area (Å²) in [5, 5.41) is 3.56. The van der Waals surface area contributed by atoms with E-state index in [2.05, 4.69) is 10.1 Å². The minimum atomic E-state index is -1.79. The molecule has 0 aliphatic heterocycles. The van der Waals surface area contributed by atoms with Gasteiger partial charge in [-0.3, -0.25) is 5.43 Å². The molecule has 0 radical (unpaired) electrons. The van der Waals surface area contributed by atoms with E-state index in [4.69, 9.17) is 14.2 Å². The van der Waals surface area contributed by atoms with Crippen molar-refractivity contribution >= 4 is 11.9 Å². The molecule has 134 valence electrons. The molecule has 2 rings (SSSR count). The summed E-state index contributed by atoms with van der Waals surface area (Å²) >= 11 is 0. The molecular formula is C15H13F4N3O3. The van der Waals surface area contributed by atoms with Crippen molar-refractivity contribution in [1.29, 1.82) is 0 Å². The first-order chi connectivity index (χ1) is 11.9. The zero-order valence-corrected chi connectivity index (χ0v) is 13.4. The van der Waals surface area contributed by atoms with E-state index in [1.807, 2.05) is 5.43 Å². The highest BCUT2D eigenvalue weighted by atomic mass is 19.2. The largest absolute Gasteiger partial charge is 0.496 e. The molecule has 1 heterocycles. The van der Waals surface area contributed by atoms with E-state index in [-0.39, 0.29) is 0 Å². The molecule has 0 fully saturated rings. The third kappa shape index (κ3) is 3.73. The number of pyridine rings is 1. The molecule has 0 bridgehead atoms. The Morgan fingerprint density at radius 1 is 0.880 bits per heavy atom. The van der Waals surface area contributed by atoms with Crippen LogP contribution in [-0.4, -0.2) is 32.5 Å². The molecule has 6 nitrogen and oxygen atoms in total.